The van der Waals surface area contributed by atoms with Crippen LogP contribution in [0.2, 0.25) is 0 Å². The number of urea groups is 1. The van der Waals surface area contributed by atoms with Crippen molar-refractivity contribution < 1.29 is 14.3 Å². The molecule has 0 saturated carbocycles. The Balaban J connectivity index is 1.40. The predicted octanol–water partition coefficient (Wildman–Crippen LogP) is 4.88. The molecule has 1 aliphatic heterocycles. The summed E-state index contributed by atoms with van der Waals surface area (Å²) in [7, 11) is 0. The lowest BCUT2D eigenvalue weighted by Crippen LogP contribution is -2.44. The van der Waals surface area contributed by atoms with Gasteiger partial charge in [0, 0.05) is 26.2 Å². The molecule has 0 radical (unpaired) electrons. The number of nitrogens with one attached hydrogen (secondary N) is 2. The third-order valence-corrected chi connectivity index (χ3v) is 5.54. The van der Waals surface area contributed by atoms with Gasteiger partial charge in [-0.05, 0) is 62.6 Å². The Kier molecular flexibility index (Phi) is 8.14. The summed E-state index contributed by atoms with van der Waals surface area (Å²) in [5, 5.41) is 5.80. The lowest BCUT2D eigenvalue weighted by atomic mass is 9.90. The van der Waals surface area contributed by atoms with Crippen LogP contribution in [0.15, 0.2) is 54.6 Å². The summed E-state index contributed by atoms with van der Waals surface area (Å²) in [5.41, 5.74) is 2.81. The van der Waals surface area contributed by atoms with Gasteiger partial charge in [0.2, 0.25) is 0 Å². The van der Waals surface area contributed by atoms with Crippen molar-refractivity contribution in [3.8, 4) is 0 Å². The van der Waals surface area contributed by atoms with E-state index in [0.29, 0.717) is 19.0 Å². The molecule has 1 heterocycles. The molecule has 3 amide bonds. The van der Waals surface area contributed by atoms with Gasteiger partial charge in [0.25, 0.3) is 0 Å². The lowest BCUT2D eigenvalue weighted by Gasteiger charge is -2.32. The van der Waals surface area contributed by atoms with Gasteiger partial charge in [-0.25, -0.2) is 9.59 Å². The second kappa shape index (κ2) is 11.0. The van der Waals surface area contributed by atoms with Gasteiger partial charge in [-0.1, -0.05) is 54.6 Å². The second-order valence-electron chi connectivity index (χ2n) is 9.45. The van der Waals surface area contributed by atoms with Crippen molar-refractivity contribution in [2.45, 2.75) is 58.7 Å². The average molecular weight is 438 g/mol. The van der Waals surface area contributed by atoms with Crippen LogP contribution < -0.4 is 10.6 Å². The first-order valence-corrected chi connectivity index (χ1v) is 11.4. The van der Waals surface area contributed by atoms with Gasteiger partial charge in [-0.15, -0.1) is 0 Å². The number of ether oxygens (including phenoxy) is 1. The minimum Gasteiger partial charge on any atom is -0.444 e. The van der Waals surface area contributed by atoms with Crippen LogP contribution in [0.3, 0.4) is 0 Å². The van der Waals surface area contributed by atoms with Crippen molar-refractivity contribution in [3.63, 3.8) is 0 Å². The van der Waals surface area contributed by atoms with E-state index in [9.17, 15) is 9.59 Å². The number of nitrogens with zero attached hydrogens (tertiary/aromatic N) is 1. The highest BCUT2D eigenvalue weighted by molar-refractivity contribution is 5.74. The Morgan fingerprint density at radius 1 is 0.906 bits per heavy atom. The van der Waals surface area contributed by atoms with E-state index in [4.69, 9.17) is 4.74 Å². The first kappa shape index (κ1) is 23.6. The van der Waals surface area contributed by atoms with Gasteiger partial charge in [0.15, 0.2) is 0 Å². The molecule has 6 heteroatoms. The highest BCUT2D eigenvalue weighted by Gasteiger charge is 2.22. The van der Waals surface area contributed by atoms with Crippen LogP contribution in [0.5, 0.6) is 0 Å². The van der Waals surface area contributed by atoms with Crippen LogP contribution in [0.4, 0.5) is 9.59 Å². The van der Waals surface area contributed by atoms with Gasteiger partial charge >= 0.3 is 12.1 Å². The molecule has 172 valence electrons. The van der Waals surface area contributed by atoms with Gasteiger partial charge in [-0.3, -0.25) is 0 Å². The molecular formula is C26H35N3O3. The van der Waals surface area contributed by atoms with E-state index in [1.54, 1.807) is 0 Å². The Morgan fingerprint density at radius 2 is 1.50 bits per heavy atom. The number of rotatable bonds is 6. The number of carbonyl (C=O) groups excluding carboxylic acids is 2. The SMILES string of the molecule is CC(C)(C)OC(=O)NCc1cccc(CNC(=O)N2CCC(Cc3ccccc3)CC2)c1. The number of hydrogen-bond acceptors (Lipinski definition) is 3. The smallest absolute Gasteiger partial charge is 0.407 e. The second-order valence-corrected chi connectivity index (χ2v) is 9.45. The molecule has 1 fully saturated rings. The molecule has 6 nitrogen and oxygen atoms in total. The maximum atomic E-state index is 12.6. The van der Waals surface area contributed by atoms with Crippen LogP contribution in [0.25, 0.3) is 0 Å². The van der Waals surface area contributed by atoms with Gasteiger partial charge in [0.05, 0.1) is 0 Å². The summed E-state index contributed by atoms with van der Waals surface area (Å²) >= 11 is 0. The standard InChI is InChI=1S/C26H35N3O3/c1-26(2,3)32-25(31)28-19-23-11-7-10-22(17-23)18-27-24(30)29-14-12-21(13-15-29)16-20-8-5-4-6-9-20/h4-11,17,21H,12-16,18-19H2,1-3H3,(H,27,30)(H,28,31). The van der Waals surface area contributed by atoms with Crippen molar-refractivity contribution in [2.24, 2.45) is 5.92 Å². The molecular weight excluding hydrogens is 402 g/mol. The fourth-order valence-corrected chi connectivity index (χ4v) is 3.92. The Morgan fingerprint density at radius 3 is 2.12 bits per heavy atom. The Bertz CT molecular complexity index is 885. The van der Waals surface area contributed by atoms with Crippen molar-refractivity contribution in [1.29, 1.82) is 0 Å². The van der Waals surface area contributed by atoms with Crippen LogP contribution in [0, 0.1) is 5.92 Å². The largest absolute Gasteiger partial charge is 0.444 e. The molecule has 0 atom stereocenters. The van der Waals surface area contributed by atoms with Crippen molar-refractivity contribution in [2.75, 3.05) is 13.1 Å². The van der Waals surface area contributed by atoms with E-state index in [2.05, 4.69) is 34.9 Å². The molecule has 0 aromatic heterocycles. The third kappa shape index (κ3) is 7.91. The Labute approximate surface area is 191 Å². The molecule has 1 aliphatic rings. The summed E-state index contributed by atoms with van der Waals surface area (Å²) in [6.45, 7) is 7.94. The first-order valence-electron chi connectivity index (χ1n) is 11.4. The number of piperidine rings is 1. The topological polar surface area (TPSA) is 70.7 Å². The zero-order valence-electron chi connectivity index (χ0n) is 19.4. The normalized spacial score (nSPS) is 14.7. The fraction of sp³-hybridized carbons (Fsp3) is 0.462. The minimum absolute atomic E-state index is 0.0135. The quantitative estimate of drug-likeness (QED) is 0.677. The average Bonchev–Trinajstić information content (AvgIpc) is 2.76. The summed E-state index contributed by atoms with van der Waals surface area (Å²) in [5.74, 6) is 0.635. The molecule has 0 bridgehead atoms. The van der Waals surface area contributed by atoms with Crippen LogP contribution in [-0.4, -0.2) is 35.7 Å². The maximum absolute atomic E-state index is 12.6. The molecule has 2 N–H and O–H groups in total. The number of likely N-dealkylation sites (tertiary alicyclic amines) is 1. The summed E-state index contributed by atoms with van der Waals surface area (Å²) in [6, 6.07) is 18.4. The highest BCUT2D eigenvalue weighted by Crippen LogP contribution is 2.21. The van der Waals surface area contributed by atoms with E-state index in [1.165, 1.54) is 5.56 Å². The molecule has 32 heavy (non-hydrogen) atoms. The van der Waals surface area contributed by atoms with E-state index >= 15 is 0 Å². The fourth-order valence-electron chi connectivity index (χ4n) is 3.92. The van der Waals surface area contributed by atoms with Gasteiger partial charge < -0.3 is 20.3 Å². The van der Waals surface area contributed by atoms with E-state index < -0.39 is 11.7 Å². The zero-order chi connectivity index (χ0) is 23.0. The van der Waals surface area contributed by atoms with E-state index in [0.717, 1.165) is 43.5 Å². The molecule has 0 aliphatic carbocycles. The number of hydrogen-bond donors (Lipinski definition) is 2. The van der Waals surface area contributed by atoms with Gasteiger partial charge in [0.1, 0.15) is 5.60 Å². The molecule has 3 rings (SSSR count). The number of benzene rings is 2. The molecule has 0 unspecified atom stereocenters. The number of alkyl carbamates (subject to hydrolysis) is 1. The van der Waals surface area contributed by atoms with Crippen LogP contribution in [0.1, 0.15) is 50.3 Å². The van der Waals surface area contributed by atoms with E-state index in [-0.39, 0.29) is 6.03 Å². The van der Waals surface area contributed by atoms with Crippen molar-refractivity contribution >= 4 is 12.1 Å². The zero-order valence-corrected chi connectivity index (χ0v) is 19.4. The third-order valence-electron chi connectivity index (χ3n) is 5.54. The summed E-state index contributed by atoms with van der Waals surface area (Å²) < 4.78 is 5.26. The van der Waals surface area contributed by atoms with Gasteiger partial charge in [-0.2, -0.15) is 0 Å². The maximum Gasteiger partial charge on any atom is 0.407 e. The predicted molar refractivity (Wildman–Crippen MR) is 126 cm³/mol. The highest BCUT2D eigenvalue weighted by atomic mass is 16.6. The Hall–Kier alpha value is -3.02. The summed E-state index contributed by atoms with van der Waals surface area (Å²) in [4.78, 5) is 26.4. The van der Waals surface area contributed by atoms with Crippen LogP contribution in [-0.2, 0) is 24.2 Å². The summed E-state index contributed by atoms with van der Waals surface area (Å²) in [6.07, 6.45) is 2.72. The molecule has 0 spiro atoms. The number of amides is 3. The van der Waals surface area contributed by atoms with Crippen molar-refractivity contribution in [1.82, 2.24) is 15.5 Å². The van der Waals surface area contributed by atoms with Crippen molar-refractivity contribution in [3.05, 3.63) is 71.3 Å². The monoisotopic (exact) mass is 437 g/mol. The molecule has 1 saturated heterocycles. The minimum atomic E-state index is -0.522. The lowest BCUT2D eigenvalue weighted by molar-refractivity contribution is 0.0523. The van der Waals surface area contributed by atoms with E-state index in [1.807, 2.05) is 56.0 Å². The molecule has 2 aromatic rings. The van der Waals surface area contributed by atoms with Crippen LogP contribution >= 0.6 is 0 Å². The number of carbonyl (C=O) groups is 2. The molecule has 2 aromatic carbocycles. The first-order chi connectivity index (χ1) is 15.3.